The van der Waals surface area contributed by atoms with Crippen molar-refractivity contribution in [3.05, 3.63) is 223 Å². The number of hydrogen-bond acceptors (Lipinski definition) is 4. The van der Waals surface area contributed by atoms with E-state index in [-0.39, 0.29) is 28.5 Å². The van der Waals surface area contributed by atoms with Crippen LogP contribution >= 0.6 is 0 Å². The van der Waals surface area contributed by atoms with Gasteiger partial charge in [0.1, 0.15) is 11.9 Å². The molecule has 0 radical (unpaired) electrons. The van der Waals surface area contributed by atoms with Gasteiger partial charge in [-0.05, 0) is 42.5 Å². The first-order valence-electron chi connectivity index (χ1n) is 23.4. The second kappa shape index (κ2) is 23.9. The highest BCUT2D eigenvalue weighted by Gasteiger charge is 2.47. The number of carbonyl (C=O) groups is 2. The summed E-state index contributed by atoms with van der Waals surface area (Å²) in [5.74, 6) is -0.735. The number of rotatable bonds is 12. The van der Waals surface area contributed by atoms with E-state index in [1.807, 2.05) is 6.07 Å². The number of aromatic carboxylic acids is 1. The molecule has 0 bridgehead atoms. The Morgan fingerprint density at radius 2 is 0.686 bits per heavy atom. The molecule has 0 aliphatic rings. The van der Waals surface area contributed by atoms with Crippen LogP contribution in [0.15, 0.2) is 157 Å². The topological polar surface area (TPSA) is 97.5 Å². The molecule has 458 valence electrons. The first-order chi connectivity index (χ1) is 39.2. The number of ketones is 1. The highest BCUT2D eigenvalue weighted by Crippen LogP contribution is 2.42. The van der Waals surface area contributed by atoms with Gasteiger partial charge in [0, 0.05) is 28.6 Å². The molecule has 0 heterocycles. The van der Waals surface area contributed by atoms with Crippen molar-refractivity contribution in [2.75, 3.05) is 5.75 Å². The Bertz CT molecular complexity index is 3220. The van der Waals surface area contributed by atoms with Crippen molar-refractivity contribution < 1.29 is 125 Å². The second-order valence-electron chi connectivity index (χ2n) is 18.5. The summed E-state index contributed by atoms with van der Waals surface area (Å²) in [6.07, 6.45) is -54.8. The molecule has 0 amide bonds. The molecule has 0 spiro atoms. The van der Waals surface area contributed by atoms with Gasteiger partial charge >= 0.3 is 55.4 Å². The number of Topliss-reactive ketones (excluding diaryl/α,β-unsaturated/α-hetero) is 1. The van der Waals surface area contributed by atoms with Crippen molar-refractivity contribution in [3.63, 3.8) is 0 Å². The SMILES string of the molecule is FC(F)(F)c1cc([B-](c2cc(C(F)(F)F)cc(C(F)(F)F)c2)(c2cc(C(F)(F)F)cc(C(F)(F)F)c2)c2cc(C(F)(F)F)cc(C(F)(F)F)c2)cc(C(F)(F)F)c1.O=C(O)c1cccc([S+](CC(=O)c2ccccc2)Cc2ccccc2[N+](=O)[O-])c1. The van der Waals surface area contributed by atoms with Crippen LogP contribution in [0.1, 0.15) is 70.8 Å². The Morgan fingerprint density at radius 1 is 0.395 bits per heavy atom. The Balaban J connectivity index is 0.000000340. The summed E-state index contributed by atoms with van der Waals surface area (Å²) < 4.78 is 341. The van der Waals surface area contributed by atoms with Crippen molar-refractivity contribution in [1.29, 1.82) is 0 Å². The highest BCUT2D eigenvalue weighted by atomic mass is 32.2. The van der Waals surface area contributed by atoms with Gasteiger partial charge in [-0.3, -0.25) is 14.9 Å². The lowest BCUT2D eigenvalue weighted by Gasteiger charge is -2.46. The fourth-order valence-electron chi connectivity index (χ4n) is 8.96. The van der Waals surface area contributed by atoms with Crippen LogP contribution in [-0.2, 0) is 66.1 Å². The third kappa shape index (κ3) is 15.6. The smallest absolute Gasteiger partial charge is 0.416 e. The van der Waals surface area contributed by atoms with E-state index in [2.05, 4.69) is 0 Å². The third-order valence-electron chi connectivity index (χ3n) is 12.8. The first kappa shape index (κ1) is 66.9. The summed E-state index contributed by atoms with van der Waals surface area (Å²) in [7, 11) is -0.740. The molecule has 0 saturated carbocycles. The van der Waals surface area contributed by atoms with Crippen molar-refractivity contribution in [3.8, 4) is 0 Å². The molecule has 0 aliphatic carbocycles. The zero-order valence-corrected chi connectivity index (χ0v) is 42.7. The minimum atomic E-state index is -6.13. The number of carbonyl (C=O) groups excluding carboxylic acids is 1. The minimum Gasteiger partial charge on any atom is -0.478 e. The van der Waals surface area contributed by atoms with E-state index < -0.39 is 216 Å². The molecule has 1 N–H and O–H groups in total. The van der Waals surface area contributed by atoms with Gasteiger partial charge in [0.15, 0.2) is 10.6 Å². The average molecular weight is 1270 g/mol. The average Bonchev–Trinajstić information content (AvgIpc) is 0.836. The lowest BCUT2D eigenvalue weighted by Crippen LogP contribution is -2.75. The van der Waals surface area contributed by atoms with E-state index in [0.717, 1.165) is 0 Å². The molecule has 1 unspecified atom stereocenters. The molecule has 0 aromatic heterocycles. The highest BCUT2D eigenvalue weighted by molar-refractivity contribution is 7.96. The van der Waals surface area contributed by atoms with Crippen LogP contribution in [0.4, 0.5) is 111 Å². The van der Waals surface area contributed by atoms with Crippen LogP contribution in [0.3, 0.4) is 0 Å². The summed E-state index contributed by atoms with van der Waals surface area (Å²) in [5.41, 5.74) is -29.0. The van der Waals surface area contributed by atoms with Gasteiger partial charge in [-0.15, -0.1) is 0 Å². The number of carboxylic acid groups (broad SMARTS) is 1. The van der Waals surface area contributed by atoms with E-state index >= 15 is 0 Å². The largest absolute Gasteiger partial charge is 0.478 e. The molecule has 7 rings (SSSR count). The van der Waals surface area contributed by atoms with Gasteiger partial charge < -0.3 is 5.11 Å². The molecule has 86 heavy (non-hydrogen) atoms. The van der Waals surface area contributed by atoms with E-state index in [4.69, 9.17) is 0 Å². The number of hydrogen-bond donors (Lipinski definition) is 1. The van der Waals surface area contributed by atoms with Crippen LogP contribution in [-0.4, -0.2) is 33.7 Å². The quantitative estimate of drug-likeness (QED) is 0.0328. The number of carboxylic acids is 1. The van der Waals surface area contributed by atoms with Gasteiger partial charge in [-0.1, -0.05) is 97.1 Å². The number of halogens is 24. The standard InChI is InChI=1S/C32H12BF24.C22H17NO5S/c34-25(35,36)13-1-14(26(37,38)39)6-21(5-13)33(22-7-15(27(40,41)42)2-16(8-22)28(43,44)45,23-9-17(29(46,47)48)3-18(10-23)30(49,50)51)24-11-19(31(52,53)54)4-20(12-24)32(55,56)57;24-21(16-7-2-1-3-8-16)15-29(19-11-6-10-17(13-19)22(25)26)14-18-9-4-5-12-20(18)23(27)28/h1-12H;1-13H,14-15H2/q-1;/p+1. The van der Waals surface area contributed by atoms with Gasteiger partial charge in [0.25, 0.3) is 5.69 Å². The number of benzene rings is 7. The molecule has 0 fully saturated rings. The Morgan fingerprint density at radius 3 is 0.977 bits per heavy atom. The molecule has 6 nitrogen and oxygen atoms in total. The third-order valence-corrected chi connectivity index (χ3v) is 15.0. The van der Waals surface area contributed by atoms with Crippen molar-refractivity contribution in [2.24, 2.45) is 0 Å². The lowest BCUT2D eigenvalue weighted by molar-refractivity contribution is -0.385. The molecular formula is C54H30BF24NO5S. The molecule has 32 heteroatoms. The zero-order valence-electron chi connectivity index (χ0n) is 41.9. The van der Waals surface area contributed by atoms with Gasteiger partial charge in [0.2, 0.25) is 5.78 Å². The maximum atomic E-state index is 14.2. The monoisotopic (exact) mass is 1270 g/mol. The van der Waals surface area contributed by atoms with E-state index in [9.17, 15) is 130 Å². The molecule has 7 aromatic carbocycles. The van der Waals surface area contributed by atoms with Crippen LogP contribution in [0, 0.1) is 10.1 Å². The van der Waals surface area contributed by atoms with E-state index in [0.29, 0.717) is 16.0 Å². The second-order valence-corrected chi connectivity index (χ2v) is 20.5. The number of nitro groups is 1. The first-order valence-corrected chi connectivity index (χ1v) is 25.0. The fraction of sp³-hybridized carbons (Fsp3) is 0.185. The normalized spacial score (nSPS) is 13.4. The number of nitro benzene ring substituents is 1. The van der Waals surface area contributed by atoms with Crippen LogP contribution in [0.5, 0.6) is 0 Å². The fourth-order valence-corrected chi connectivity index (χ4v) is 11.1. The lowest BCUT2D eigenvalue weighted by atomic mass is 9.12. The molecule has 1 atom stereocenters. The van der Waals surface area contributed by atoms with Crippen molar-refractivity contribution in [1.82, 2.24) is 0 Å². The molecule has 0 saturated heterocycles. The van der Waals surface area contributed by atoms with Crippen molar-refractivity contribution in [2.45, 2.75) is 60.1 Å². The van der Waals surface area contributed by atoms with Gasteiger partial charge in [-0.25, -0.2) is 4.79 Å². The summed E-state index contributed by atoms with van der Waals surface area (Å²) in [6.45, 7) is 0. The Labute approximate surface area is 469 Å². The summed E-state index contributed by atoms with van der Waals surface area (Å²) in [4.78, 5) is 35.8. The molecular weight excluding hydrogens is 1240 g/mol. The molecule has 0 aliphatic heterocycles. The Kier molecular flexibility index (Phi) is 18.6. The maximum absolute atomic E-state index is 14.2. The maximum Gasteiger partial charge on any atom is 0.416 e. The number of para-hydroxylation sites is 1. The van der Waals surface area contributed by atoms with E-state index in [1.54, 1.807) is 60.7 Å². The minimum absolute atomic E-state index is 0.00782. The Hall–Kier alpha value is -8.19. The summed E-state index contributed by atoms with van der Waals surface area (Å²) in [6, 6.07) is 12.9. The summed E-state index contributed by atoms with van der Waals surface area (Å²) >= 11 is 0. The van der Waals surface area contributed by atoms with E-state index in [1.165, 1.54) is 12.1 Å². The predicted octanol–water partition coefficient (Wildman–Crippen LogP) is 15.6. The predicted molar refractivity (Wildman–Crippen MR) is 262 cm³/mol. The molecule has 7 aromatic rings. The van der Waals surface area contributed by atoms with Gasteiger partial charge in [0.05, 0.1) is 60.6 Å². The number of alkyl halides is 24. The van der Waals surface area contributed by atoms with Crippen LogP contribution in [0.25, 0.3) is 0 Å². The van der Waals surface area contributed by atoms with Gasteiger partial charge in [-0.2, -0.15) is 127 Å². The van der Waals surface area contributed by atoms with Crippen LogP contribution in [0.2, 0.25) is 0 Å². The number of nitrogens with zero attached hydrogens (tertiary/aromatic N) is 1. The summed E-state index contributed by atoms with van der Waals surface area (Å²) in [5, 5.41) is 20.7. The zero-order chi connectivity index (χ0) is 64.7. The van der Waals surface area contributed by atoms with Crippen LogP contribution < -0.4 is 21.9 Å². The van der Waals surface area contributed by atoms with Crippen molar-refractivity contribution >= 4 is 56.3 Å².